The number of aryl methyl sites for hydroxylation is 2. The van der Waals surface area contributed by atoms with Gasteiger partial charge in [0, 0.05) is 18.0 Å². The summed E-state index contributed by atoms with van der Waals surface area (Å²) in [5.74, 6) is -0.893. The van der Waals surface area contributed by atoms with Crippen molar-refractivity contribution in [2.75, 3.05) is 0 Å². The molecule has 0 spiro atoms. The van der Waals surface area contributed by atoms with E-state index in [1.807, 2.05) is 19.9 Å². The highest BCUT2D eigenvalue weighted by Crippen LogP contribution is 2.16. The van der Waals surface area contributed by atoms with E-state index >= 15 is 0 Å². The summed E-state index contributed by atoms with van der Waals surface area (Å²) in [5, 5.41) is 13.3. The molecule has 1 heterocycles. The SMILES string of the molecule is Cc1nc(C)c(CNCc2cccc(C(=O)O)c2)s1. The van der Waals surface area contributed by atoms with Gasteiger partial charge in [0.25, 0.3) is 0 Å². The fourth-order valence-electron chi connectivity index (χ4n) is 1.87. The normalized spacial score (nSPS) is 10.6. The van der Waals surface area contributed by atoms with Gasteiger partial charge in [0.05, 0.1) is 16.3 Å². The third kappa shape index (κ3) is 3.62. The lowest BCUT2D eigenvalue weighted by atomic mass is 10.1. The van der Waals surface area contributed by atoms with E-state index in [0.29, 0.717) is 12.1 Å². The smallest absolute Gasteiger partial charge is 0.335 e. The summed E-state index contributed by atoms with van der Waals surface area (Å²) >= 11 is 1.69. The van der Waals surface area contributed by atoms with Crippen molar-refractivity contribution in [1.82, 2.24) is 10.3 Å². The summed E-state index contributed by atoms with van der Waals surface area (Å²) in [6.45, 7) is 5.41. The van der Waals surface area contributed by atoms with Gasteiger partial charge in [-0.15, -0.1) is 11.3 Å². The number of hydrogen-bond acceptors (Lipinski definition) is 4. The minimum absolute atomic E-state index is 0.323. The van der Waals surface area contributed by atoms with E-state index in [1.165, 1.54) is 4.88 Å². The maximum atomic E-state index is 10.9. The summed E-state index contributed by atoms with van der Waals surface area (Å²) in [6.07, 6.45) is 0. The number of carbonyl (C=O) groups is 1. The number of benzene rings is 1. The van der Waals surface area contributed by atoms with Crippen LogP contribution in [0.5, 0.6) is 0 Å². The van der Waals surface area contributed by atoms with Crippen molar-refractivity contribution in [3.05, 3.63) is 51.0 Å². The summed E-state index contributed by atoms with van der Waals surface area (Å²) in [4.78, 5) is 16.5. The first-order chi connectivity index (χ1) is 9.06. The van der Waals surface area contributed by atoms with E-state index in [-0.39, 0.29) is 0 Å². The fraction of sp³-hybridized carbons (Fsp3) is 0.286. The summed E-state index contributed by atoms with van der Waals surface area (Å²) < 4.78 is 0. The molecular formula is C14H16N2O2S. The molecule has 1 aromatic carbocycles. The van der Waals surface area contributed by atoms with Crippen LogP contribution in [0, 0.1) is 13.8 Å². The van der Waals surface area contributed by atoms with Crippen LogP contribution in [0.25, 0.3) is 0 Å². The third-order valence-corrected chi connectivity index (χ3v) is 3.86. The van der Waals surface area contributed by atoms with Crippen molar-refractivity contribution in [3.8, 4) is 0 Å². The Hall–Kier alpha value is -1.72. The molecule has 5 heteroatoms. The Kier molecular flexibility index (Phi) is 4.29. The van der Waals surface area contributed by atoms with Crippen LogP contribution in [0.15, 0.2) is 24.3 Å². The van der Waals surface area contributed by atoms with Crippen LogP contribution in [0.2, 0.25) is 0 Å². The molecule has 0 atom stereocenters. The van der Waals surface area contributed by atoms with Crippen molar-refractivity contribution >= 4 is 17.3 Å². The van der Waals surface area contributed by atoms with Crippen molar-refractivity contribution < 1.29 is 9.90 Å². The molecule has 0 aliphatic rings. The van der Waals surface area contributed by atoms with Crippen LogP contribution in [0.1, 0.15) is 31.5 Å². The standard InChI is InChI=1S/C14H16N2O2S/c1-9-13(19-10(2)16-9)8-15-7-11-4-3-5-12(6-11)14(17)18/h3-6,15H,7-8H2,1-2H3,(H,17,18). The molecule has 2 N–H and O–H groups in total. The van der Waals surface area contributed by atoms with Crippen LogP contribution in [0.4, 0.5) is 0 Å². The Labute approximate surface area is 116 Å². The monoisotopic (exact) mass is 276 g/mol. The lowest BCUT2D eigenvalue weighted by molar-refractivity contribution is 0.0696. The molecule has 2 rings (SSSR count). The second-order valence-electron chi connectivity index (χ2n) is 4.35. The van der Waals surface area contributed by atoms with Crippen molar-refractivity contribution in [2.24, 2.45) is 0 Å². The molecule has 1 aromatic heterocycles. The molecular weight excluding hydrogens is 260 g/mol. The highest BCUT2D eigenvalue weighted by molar-refractivity contribution is 7.11. The van der Waals surface area contributed by atoms with Gasteiger partial charge in [-0.25, -0.2) is 9.78 Å². The van der Waals surface area contributed by atoms with Crippen molar-refractivity contribution in [3.63, 3.8) is 0 Å². The van der Waals surface area contributed by atoms with Gasteiger partial charge in [-0.1, -0.05) is 12.1 Å². The van der Waals surface area contributed by atoms with Crippen LogP contribution < -0.4 is 5.32 Å². The first-order valence-electron chi connectivity index (χ1n) is 6.02. The maximum Gasteiger partial charge on any atom is 0.335 e. The quantitative estimate of drug-likeness (QED) is 0.881. The van der Waals surface area contributed by atoms with E-state index in [4.69, 9.17) is 5.11 Å². The number of rotatable bonds is 5. The van der Waals surface area contributed by atoms with Crippen molar-refractivity contribution in [2.45, 2.75) is 26.9 Å². The van der Waals surface area contributed by atoms with E-state index in [0.717, 1.165) is 22.8 Å². The summed E-state index contributed by atoms with van der Waals surface area (Å²) in [5.41, 5.74) is 2.36. The molecule has 19 heavy (non-hydrogen) atoms. The zero-order valence-electron chi connectivity index (χ0n) is 10.9. The van der Waals surface area contributed by atoms with Gasteiger partial charge in [0.15, 0.2) is 0 Å². The van der Waals surface area contributed by atoms with Crippen LogP contribution in [-0.4, -0.2) is 16.1 Å². The number of aromatic nitrogens is 1. The second-order valence-corrected chi connectivity index (χ2v) is 5.64. The average Bonchev–Trinajstić information content (AvgIpc) is 2.68. The number of thiazole rings is 1. The number of aromatic carboxylic acids is 1. The van der Waals surface area contributed by atoms with Crippen molar-refractivity contribution in [1.29, 1.82) is 0 Å². The minimum atomic E-state index is -0.893. The largest absolute Gasteiger partial charge is 0.478 e. The molecule has 100 valence electrons. The molecule has 0 saturated heterocycles. The number of hydrogen-bond donors (Lipinski definition) is 2. The van der Waals surface area contributed by atoms with Gasteiger partial charge in [-0.05, 0) is 31.5 Å². The predicted molar refractivity (Wildman–Crippen MR) is 75.5 cm³/mol. The van der Waals surface area contributed by atoms with E-state index in [2.05, 4.69) is 10.3 Å². The average molecular weight is 276 g/mol. The number of nitrogens with zero attached hydrogens (tertiary/aromatic N) is 1. The molecule has 0 unspecified atom stereocenters. The topological polar surface area (TPSA) is 62.2 Å². The number of nitrogens with one attached hydrogen (secondary N) is 1. The number of carboxylic acids is 1. The highest BCUT2D eigenvalue weighted by atomic mass is 32.1. The second kappa shape index (κ2) is 5.95. The third-order valence-electron chi connectivity index (χ3n) is 2.79. The van der Waals surface area contributed by atoms with Gasteiger partial charge in [-0.2, -0.15) is 0 Å². The Bertz CT molecular complexity index is 593. The Morgan fingerprint density at radius 2 is 2.16 bits per heavy atom. The molecule has 0 fully saturated rings. The van der Waals surface area contributed by atoms with Gasteiger partial charge in [-0.3, -0.25) is 0 Å². The lowest BCUT2D eigenvalue weighted by Crippen LogP contribution is -2.13. The van der Waals surface area contributed by atoms with Gasteiger partial charge in [0.2, 0.25) is 0 Å². The van der Waals surface area contributed by atoms with E-state index in [9.17, 15) is 4.79 Å². The zero-order valence-corrected chi connectivity index (χ0v) is 11.8. The van der Waals surface area contributed by atoms with Crippen LogP contribution in [0.3, 0.4) is 0 Å². The first kappa shape index (κ1) is 13.7. The number of carboxylic acid groups (broad SMARTS) is 1. The van der Waals surface area contributed by atoms with E-state index in [1.54, 1.807) is 29.5 Å². The molecule has 0 aliphatic heterocycles. The molecule has 0 aliphatic carbocycles. The van der Waals surface area contributed by atoms with Gasteiger partial charge in [0.1, 0.15) is 0 Å². The maximum absolute atomic E-state index is 10.9. The zero-order chi connectivity index (χ0) is 13.8. The molecule has 4 nitrogen and oxygen atoms in total. The van der Waals surface area contributed by atoms with Gasteiger partial charge < -0.3 is 10.4 Å². The Balaban J connectivity index is 1.94. The molecule has 2 aromatic rings. The lowest BCUT2D eigenvalue weighted by Gasteiger charge is -2.05. The molecule has 0 bridgehead atoms. The Morgan fingerprint density at radius 1 is 1.37 bits per heavy atom. The fourth-order valence-corrected chi connectivity index (χ4v) is 2.78. The summed E-state index contributed by atoms with van der Waals surface area (Å²) in [7, 11) is 0. The van der Waals surface area contributed by atoms with Crippen LogP contribution >= 0.6 is 11.3 Å². The molecule has 0 radical (unpaired) electrons. The Morgan fingerprint density at radius 3 is 2.79 bits per heavy atom. The molecule has 0 amide bonds. The highest BCUT2D eigenvalue weighted by Gasteiger charge is 2.05. The predicted octanol–water partition coefficient (Wildman–Crippen LogP) is 2.75. The first-order valence-corrected chi connectivity index (χ1v) is 6.84. The molecule has 0 saturated carbocycles. The van der Waals surface area contributed by atoms with Crippen LogP contribution in [-0.2, 0) is 13.1 Å². The minimum Gasteiger partial charge on any atom is -0.478 e. The summed E-state index contributed by atoms with van der Waals surface area (Å²) in [6, 6.07) is 6.98. The van der Waals surface area contributed by atoms with Gasteiger partial charge >= 0.3 is 5.97 Å². The van der Waals surface area contributed by atoms with E-state index < -0.39 is 5.97 Å².